The zero-order chi connectivity index (χ0) is 14.8. The normalized spacial score (nSPS) is 10.3. The van der Waals surface area contributed by atoms with E-state index in [0.29, 0.717) is 22.8 Å². The van der Waals surface area contributed by atoms with Crippen LogP contribution in [-0.2, 0) is 0 Å². The highest BCUT2D eigenvalue weighted by molar-refractivity contribution is 9.10. The van der Waals surface area contributed by atoms with Crippen LogP contribution in [0, 0.1) is 11.3 Å². The average Bonchev–Trinajstić information content (AvgIpc) is 2.97. The molecule has 2 N–H and O–H groups in total. The van der Waals surface area contributed by atoms with E-state index >= 15 is 0 Å². The molecule has 0 aliphatic rings. The van der Waals surface area contributed by atoms with E-state index in [4.69, 9.17) is 5.73 Å². The van der Waals surface area contributed by atoms with Crippen molar-refractivity contribution >= 4 is 21.6 Å². The lowest BCUT2D eigenvalue weighted by molar-refractivity contribution is 0.878. The van der Waals surface area contributed by atoms with E-state index in [1.54, 1.807) is 17.1 Å². The van der Waals surface area contributed by atoms with Crippen molar-refractivity contribution < 1.29 is 0 Å². The molecular weight excluding hydrogens is 330 g/mol. The van der Waals surface area contributed by atoms with E-state index < -0.39 is 0 Å². The Balaban J connectivity index is 2.07. The maximum atomic E-state index is 9.19. The van der Waals surface area contributed by atoms with Crippen molar-refractivity contribution in [3.05, 3.63) is 58.8 Å². The Bertz CT molecular complexity index is 847. The summed E-state index contributed by atoms with van der Waals surface area (Å²) in [7, 11) is 0. The maximum Gasteiger partial charge on any atom is 0.181 e. The van der Waals surface area contributed by atoms with E-state index in [2.05, 4.69) is 32.1 Å². The van der Waals surface area contributed by atoms with E-state index in [1.165, 1.54) is 0 Å². The Hall–Kier alpha value is -2.65. The van der Waals surface area contributed by atoms with Crippen LogP contribution < -0.4 is 5.73 Å². The van der Waals surface area contributed by atoms with Gasteiger partial charge in [0.2, 0.25) is 0 Å². The topological polar surface area (TPSA) is 80.5 Å². The first kappa shape index (κ1) is 13.3. The van der Waals surface area contributed by atoms with Gasteiger partial charge in [-0.3, -0.25) is 0 Å². The Morgan fingerprint density at radius 3 is 2.81 bits per heavy atom. The molecule has 0 aliphatic heterocycles. The van der Waals surface area contributed by atoms with E-state index in [-0.39, 0.29) is 0 Å². The third kappa shape index (κ3) is 2.64. The van der Waals surface area contributed by atoms with Gasteiger partial charge in [0.1, 0.15) is 12.4 Å². The van der Waals surface area contributed by atoms with Crippen LogP contribution in [0.4, 0.5) is 5.69 Å². The Kier molecular flexibility index (Phi) is 3.42. The second kappa shape index (κ2) is 5.38. The molecule has 21 heavy (non-hydrogen) atoms. The van der Waals surface area contributed by atoms with Crippen LogP contribution in [0.25, 0.3) is 17.1 Å². The summed E-state index contributed by atoms with van der Waals surface area (Å²) in [5.74, 6) is 0.561. The molecular formula is C15H10BrN5. The molecule has 0 spiro atoms. The number of rotatable bonds is 2. The number of nitrogens with zero attached hydrogens (tertiary/aromatic N) is 4. The van der Waals surface area contributed by atoms with E-state index in [1.807, 2.05) is 36.4 Å². The Labute approximate surface area is 129 Å². The third-order valence-corrected chi connectivity index (χ3v) is 3.46. The standard InChI is InChI=1S/C15H10BrN5/c16-12-5-4-11(8-17)14(7-12)21-9-19-15(20-21)10-2-1-3-13(18)6-10/h1-7,9H,18H2. The number of nitrogen functional groups attached to an aromatic ring is 1. The molecule has 2 aromatic carbocycles. The van der Waals surface area contributed by atoms with Crippen molar-refractivity contribution in [3.63, 3.8) is 0 Å². The minimum absolute atomic E-state index is 0.530. The van der Waals surface area contributed by atoms with Crippen LogP contribution in [0.3, 0.4) is 0 Å². The molecule has 6 heteroatoms. The quantitative estimate of drug-likeness (QED) is 0.727. The molecule has 0 fully saturated rings. The van der Waals surface area contributed by atoms with Gasteiger partial charge in [0.05, 0.1) is 11.3 Å². The molecule has 1 heterocycles. The smallest absolute Gasteiger partial charge is 0.181 e. The summed E-state index contributed by atoms with van der Waals surface area (Å²) in [4.78, 5) is 4.28. The molecule has 0 aliphatic carbocycles. The number of hydrogen-bond donors (Lipinski definition) is 1. The van der Waals surface area contributed by atoms with Crippen molar-refractivity contribution in [1.82, 2.24) is 14.8 Å². The largest absolute Gasteiger partial charge is 0.399 e. The fourth-order valence-corrected chi connectivity index (χ4v) is 2.33. The zero-order valence-electron chi connectivity index (χ0n) is 10.9. The van der Waals surface area contributed by atoms with Gasteiger partial charge in [-0.2, -0.15) is 5.26 Å². The highest BCUT2D eigenvalue weighted by atomic mass is 79.9. The van der Waals surface area contributed by atoms with Crippen molar-refractivity contribution in [2.45, 2.75) is 0 Å². The number of halogens is 1. The second-order valence-corrected chi connectivity index (χ2v) is 5.33. The van der Waals surface area contributed by atoms with Crippen molar-refractivity contribution in [2.24, 2.45) is 0 Å². The molecule has 102 valence electrons. The van der Waals surface area contributed by atoms with Gasteiger partial charge in [-0.15, -0.1) is 5.10 Å². The molecule has 0 unspecified atom stereocenters. The number of aromatic nitrogens is 3. The lowest BCUT2D eigenvalue weighted by Gasteiger charge is -2.03. The SMILES string of the molecule is N#Cc1ccc(Br)cc1-n1cnc(-c2cccc(N)c2)n1. The van der Waals surface area contributed by atoms with Gasteiger partial charge in [0, 0.05) is 15.7 Å². The molecule has 0 radical (unpaired) electrons. The summed E-state index contributed by atoms with van der Waals surface area (Å²) in [5, 5.41) is 13.6. The first-order valence-corrected chi connectivity index (χ1v) is 6.94. The molecule has 3 aromatic rings. The summed E-state index contributed by atoms with van der Waals surface area (Å²) in [6.07, 6.45) is 1.58. The van der Waals surface area contributed by atoms with Crippen LogP contribution in [0.15, 0.2) is 53.3 Å². The minimum atomic E-state index is 0.530. The van der Waals surface area contributed by atoms with Crippen molar-refractivity contribution in [3.8, 4) is 23.1 Å². The van der Waals surface area contributed by atoms with Crippen LogP contribution in [-0.4, -0.2) is 14.8 Å². The molecule has 0 saturated heterocycles. The zero-order valence-corrected chi connectivity index (χ0v) is 12.4. The predicted molar refractivity (Wildman–Crippen MR) is 83.6 cm³/mol. The number of anilines is 1. The molecule has 0 bridgehead atoms. The van der Waals surface area contributed by atoms with E-state index in [0.717, 1.165) is 10.0 Å². The molecule has 0 atom stereocenters. The van der Waals surface area contributed by atoms with Gasteiger partial charge < -0.3 is 5.73 Å². The predicted octanol–water partition coefficient (Wildman–Crippen LogP) is 3.15. The van der Waals surface area contributed by atoms with Gasteiger partial charge in [-0.25, -0.2) is 9.67 Å². The number of hydrogen-bond acceptors (Lipinski definition) is 4. The number of benzene rings is 2. The van der Waals surface area contributed by atoms with Crippen LogP contribution in [0.5, 0.6) is 0 Å². The summed E-state index contributed by atoms with van der Waals surface area (Å²) in [6.45, 7) is 0. The summed E-state index contributed by atoms with van der Waals surface area (Å²) >= 11 is 3.40. The number of nitrogens with two attached hydrogens (primary N) is 1. The average molecular weight is 340 g/mol. The third-order valence-electron chi connectivity index (χ3n) is 2.96. The van der Waals surface area contributed by atoms with Crippen LogP contribution in [0.2, 0.25) is 0 Å². The molecule has 5 nitrogen and oxygen atoms in total. The molecule has 1 aromatic heterocycles. The van der Waals surface area contributed by atoms with Gasteiger partial charge >= 0.3 is 0 Å². The van der Waals surface area contributed by atoms with Crippen LogP contribution >= 0.6 is 15.9 Å². The fraction of sp³-hybridized carbons (Fsp3) is 0. The van der Waals surface area contributed by atoms with Gasteiger partial charge in [-0.1, -0.05) is 28.1 Å². The first-order chi connectivity index (χ1) is 10.2. The Morgan fingerprint density at radius 1 is 1.19 bits per heavy atom. The van der Waals surface area contributed by atoms with Crippen molar-refractivity contribution in [1.29, 1.82) is 5.26 Å². The lowest BCUT2D eigenvalue weighted by Crippen LogP contribution is -1.98. The fourth-order valence-electron chi connectivity index (χ4n) is 1.98. The van der Waals surface area contributed by atoms with Gasteiger partial charge in [0.15, 0.2) is 5.82 Å². The number of nitriles is 1. The lowest BCUT2D eigenvalue weighted by atomic mass is 10.2. The first-order valence-electron chi connectivity index (χ1n) is 6.15. The molecule has 0 saturated carbocycles. The van der Waals surface area contributed by atoms with Crippen LogP contribution in [0.1, 0.15) is 5.56 Å². The molecule has 3 rings (SSSR count). The van der Waals surface area contributed by atoms with Gasteiger partial charge in [0.25, 0.3) is 0 Å². The monoisotopic (exact) mass is 339 g/mol. The highest BCUT2D eigenvalue weighted by Gasteiger charge is 2.09. The summed E-state index contributed by atoms with van der Waals surface area (Å²) in [6, 6.07) is 14.9. The maximum absolute atomic E-state index is 9.19. The van der Waals surface area contributed by atoms with Gasteiger partial charge in [-0.05, 0) is 30.3 Å². The summed E-state index contributed by atoms with van der Waals surface area (Å²) < 4.78 is 2.46. The molecule has 0 amide bonds. The highest BCUT2D eigenvalue weighted by Crippen LogP contribution is 2.22. The van der Waals surface area contributed by atoms with Crippen molar-refractivity contribution in [2.75, 3.05) is 5.73 Å². The van der Waals surface area contributed by atoms with E-state index in [9.17, 15) is 5.26 Å². The summed E-state index contributed by atoms with van der Waals surface area (Å²) in [5.41, 5.74) is 8.47. The Morgan fingerprint density at radius 2 is 2.05 bits per heavy atom. The second-order valence-electron chi connectivity index (χ2n) is 4.41. The minimum Gasteiger partial charge on any atom is -0.399 e.